The number of nitrogens with zero attached hydrogens (tertiary/aromatic N) is 5. The predicted molar refractivity (Wildman–Crippen MR) is 60.5 cm³/mol. The first-order valence-electron chi connectivity index (χ1n) is 4.90. The van der Waals surface area contributed by atoms with Gasteiger partial charge in [-0.1, -0.05) is 5.11 Å². The molecule has 0 saturated heterocycles. The predicted octanol–water partition coefficient (Wildman–Crippen LogP) is 2.00. The largest absolute Gasteiger partial charge is 0.462 e. The molecular formula is C10H11N5O2. The molecule has 0 aliphatic carbocycles. The third-order valence-electron chi connectivity index (χ3n) is 1.74. The Bertz CT molecular complexity index is 474. The van der Waals surface area contributed by atoms with Crippen LogP contribution in [-0.2, 0) is 9.53 Å². The molecule has 0 amide bonds. The lowest BCUT2D eigenvalue weighted by Crippen LogP contribution is -2.05. The van der Waals surface area contributed by atoms with Crippen LogP contribution in [0.15, 0.2) is 23.2 Å². The number of aryl methyl sites for hydroxylation is 1. The number of azide groups is 1. The van der Waals surface area contributed by atoms with Gasteiger partial charge in [-0.3, -0.25) is 0 Å². The highest BCUT2D eigenvalue weighted by Gasteiger charge is 2.08. The van der Waals surface area contributed by atoms with Gasteiger partial charge in [-0.2, -0.15) is 0 Å². The second-order valence-electron chi connectivity index (χ2n) is 3.00. The first-order chi connectivity index (χ1) is 8.17. The summed E-state index contributed by atoms with van der Waals surface area (Å²) in [7, 11) is 0. The second kappa shape index (κ2) is 6.24. The summed E-state index contributed by atoms with van der Waals surface area (Å²) in [6.07, 6.45) is 4.42. The lowest BCUT2D eigenvalue weighted by atomic mass is 10.3. The molecule has 0 aliphatic heterocycles. The Morgan fingerprint density at radius 1 is 1.59 bits per heavy atom. The molecule has 0 unspecified atom stereocenters. The molecule has 0 fully saturated rings. The SMILES string of the molecule is CCOC(=O)/C(=C/c1cnc(C)nc1)N=[N+]=[N-]. The lowest BCUT2D eigenvalue weighted by molar-refractivity contribution is -0.138. The summed E-state index contributed by atoms with van der Waals surface area (Å²) in [6, 6.07) is 0. The molecule has 17 heavy (non-hydrogen) atoms. The lowest BCUT2D eigenvalue weighted by Gasteiger charge is -2.01. The Kier molecular flexibility index (Phi) is 4.65. The molecule has 0 bridgehead atoms. The molecule has 7 heteroatoms. The average Bonchev–Trinajstić information content (AvgIpc) is 2.31. The van der Waals surface area contributed by atoms with Crippen LogP contribution in [-0.4, -0.2) is 22.5 Å². The van der Waals surface area contributed by atoms with Crippen molar-refractivity contribution in [2.45, 2.75) is 13.8 Å². The van der Waals surface area contributed by atoms with Gasteiger partial charge in [0.1, 0.15) is 11.5 Å². The van der Waals surface area contributed by atoms with Crippen LogP contribution >= 0.6 is 0 Å². The molecule has 1 rings (SSSR count). The smallest absolute Gasteiger partial charge is 0.340 e. The molecule has 0 aromatic carbocycles. The standard InChI is InChI=1S/C10H11N5O2/c1-3-17-10(16)9(14-15-11)4-8-5-12-7(2)13-6-8/h4-6H,3H2,1-2H3/b9-4-. The van der Waals surface area contributed by atoms with Crippen LogP contribution in [0, 0.1) is 6.92 Å². The van der Waals surface area contributed by atoms with E-state index in [-0.39, 0.29) is 12.3 Å². The Balaban J connectivity index is 3.01. The Morgan fingerprint density at radius 2 is 2.24 bits per heavy atom. The topological polar surface area (TPSA) is 101 Å². The molecule has 88 valence electrons. The van der Waals surface area contributed by atoms with Crippen molar-refractivity contribution in [1.29, 1.82) is 0 Å². The maximum Gasteiger partial charge on any atom is 0.340 e. The number of hydrogen-bond acceptors (Lipinski definition) is 5. The van der Waals surface area contributed by atoms with Crippen LogP contribution in [0.1, 0.15) is 18.3 Å². The number of ether oxygens (including phenoxy) is 1. The normalized spacial score (nSPS) is 10.6. The van der Waals surface area contributed by atoms with Gasteiger partial charge in [0.15, 0.2) is 0 Å². The highest BCUT2D eigenvalue weighted by molar-refractivity contribution is 5.93. The van der Waals surface area contributed by atoms with E-state index in [0.717, 1.165) is 0 Å². The minimum atomic E-state index is -0.675. The van der Waals surface area contributed by atoms with E-state index >= 15 is 0 Å². The molecule has 7 nitrogen and oxygen atoms in total. The summed E-state index contributed by atoms with van der Waals surface area (Å²) in [4.78, 5) is 21.9. The van der Waals surface area contributed by atoms with Gasteiger partial charge in [0.2, 0.25) is 0 Å². The van der Waals surface area contributed by atoms with Crippen molar-refractivity contribution in [1.82, 2.24) is 9.97 Å². The van der Waals surface area contributed by atoms with E-state index in [1.807, 2.05) is 0 Å². The zero-order valence-corrected chi connectivity index (χ0v) is 9.49. The number of hydrogen-bond donors (Lipinski definition) is 0. The van der Waals surface area contributed by atoms with Crippen LogP contribution in [0.3, 0.4) is 0 Å². The number of carbonyl (C=O) groups excluding carboxylic acids is 1. The van der Waals surface area contributed by atoms with Gasteiger partial charge in [-0.05, 0) is 25.5 Å². The molecule has 0 saturated carbocycles. The quantitative estimate of drug-likeness (QED) is 0.261. The fourth-order valence-electron chi connectivity index (χ4n) is 1.02. The molecule has 0 spiro atoms. The second-order valence-corrected chi connectivity index (χ2v) is 3.00. The summed E-state index contributed by atoms with van der Waals surface area (Å²) >= 11 is 0. The van der Waals surface area contributed by atoms with Crippen molar-refractivity contribution in [3.05, 3.63) is 39.9 Å². The minimum absolute atomic E-state index is 0.123. The van der Waals surface area contributed by atoms with Crippen LogP contribution in [0.5, 0.6) is 0 Å². The molecule has 0 aliphatic rings. The molecule has 0 N–H and O–H groups in total. The van der Waals surface area contributed by atoms with Gasteiger partial charge < -0.3 is 4.74 Å². The highest BCUT2D eigenvalue weighted by Crippen LogP contribution is 2.08. The first kappa shape index (κ1) is 12.7. The highest BCUT2D eigenvalue weighted by atomic mass is 16.5. The summed E-state index contributed by atoms with van der Waals surface area (Å²) in [5.41, 5.74) is 8.79. The van der Waals surface area contributed by atoms with Crippen molar-refractivity contribution < 1.29 is 9.53 Å². The van der Waals surface area contributed by atoms with Crippen molar-refractivity contribution >= 4 is 12.0 Å². The number of esters is 1. The van der Waals surface area contributed by atoms with Crippen molar-refractivity contribution in [3.63, 3.8) is 0 Å². The fourth-order valence-corrected chi connectivity index (χ4v) is 1.02. The van der Waals surface area contributed by atoms with Crippen molar-refractivity contribution in [3.8, 4) is 0 Å². The van der Waals surface area contributed by atoms with Gasteiger partial charge in [-0.25, -0.2) is 14.8 Å². The van der Waals surface area contributed by atoms with E-state index in [4.69, 9.17) is 10.3 Å². The van der Waals surface area contributed by atoms with Crippen LogP contribution in [0.4, 0.5) is 0 Å². The zero-order chi connectivity index (χ0) is 12.7. The Morgan fingerprint density at radius 3 is 2.76 bits per heavy atom. The number of aromatic nitrogens is 2. The molecule has 0 atom stereocenters. The Labute approximate surface area is 97.8 Å². The first-order valence-corrected chi connectivity index (χ1v) is 4.90. The van der Waals surface area contributed by atoms with E-state index in [9.17, 15) is 4.79 Å². The monoisotopic (exact) mass is 233 g/mol. The van der Waals surface area contributed by atoms with Gasteiger partial charge in [0.25, 0.3) is 0 Å². The number of carbonyl (C=O) groups is 1. The fraction of sp³-hybridized carbons (Fsp3) is 0.300. The van der Waals surface area contributed by atoms with Crippen molar-refractivity contribution in [2.24, 2.45) is 5.11 Å². The van der Waals surface area contributed by atoms with E-state index in [0.29, 0.717) is 11.4 Å². The minimum Gasteiger partial charge on any atom is -0.462 e. The molecular weight excluding hydrogens is 222 g/mol. The summed E-state index contributed by atoms with van der Waals surface area (Å²) < 4.78 is 4.74. The van der Waals surface area contributed by atoms with Gasteiger partial charge in [-0.15, -0.1) is 0 Å². The molecule has 0 radical (unpaired) electrons. The van der Waals surface area contributed by atoms with E-state index in [2.05, 4.69) is 20.0 Å². The van der Waals surface area contributed by atoms with Crippen LogP contribution in [0.25, 0.3) is 16.5 Å². The molecule has 1 aromatic heterocycles. The molecule has 1 aromatic rings. The van der Waals surface area contributed by atoms with E-state index in [1.165, 1.54) is 18.5 Å². The maximum absolute atomic E-state index is 11.4. The molecule has 1 heterocycles. The van der Waals surface area contributed by atoms with E-state index in [1.54, 1.807) is 13.8 Å². The van der Waals surface area contributed by atoms with Crippen LogP contribution < -0.4 is 0 Å². The van der Waals surface area contributed by atoms with Gasteiger partial charge >= 0.3 is 5.97 Å². The maximum atomic E-state index is 11.4. The third-order valence-corrected chi connectivity index (χ3v) is 1.74. The summed E-state index contributed by atoms with van der Waals surface area (Å²) in [5, 5.41) is 3.27. The van der Waals surface area contributed by atoms with E-state index < -0.39 is 5.97 Å². The Hall–Kier alpha value is -2.40. The zero-order valence-electron chi connectivity index (χ0n) is 9.49. The summed E-state index contributed by atoms with van der Waals surface area (Å²) in [5.74, 6) is -0.0607. The average molecular weight is 233 g/mol. The van der Waals surface area contributed by atoms with Gasteiger partial charge in [0, 0.05) is 22.9 Å². The third kappa shape index (κ3) is 3.92. The number of rotatable bonds is 4. The van der Waals surface area contributed by atoms with Gasteiger partial charge in [0.05, 0.1) is 6.61 Å². The summed E-state index contributed by atoms with van der Waals surface area (Å²) in [6.45, 7) is 3.62. The van der Waals surface area contributed by atoms with Crippen LogP contribution in [0.2, 0.25) is 0 Å². The van der Waals surface area contributed by atoms with Crippen molar-refractivity contribution in [2.75, 3.05) is 6.61 Å².